The number of hydrogen-bond acceptors (Lipinski definition) is 3. The molecule has 1 atom stereocenters. The van der Waals surface area contributed by atoms with Gasteiger partial charge in [-0.15, -0.1) is 0 Å². The van der Waals surface area contributed by atoms with Crippen molar-refractivity contribution in [1.29, 1.82) is 0 Å². The fourth-order valence-corrected chi connectivity index (χ4v) is 4.59. The second-order valence-electron chi connectivity index (χ2n) is 8.58. The Labute approximate surface area is 181 Å². The molecule has 0 aromatic heterocycles. The number of amides is 1. The van der Waals surface area contributed by atoms with Gasteiger partial charge in [0.15, 0.2) is 5.96 Å². The quantitative estimate of drug-likeness (QED) is 0.531. The van der Waals surface area contributed by atoms with Gasteiger partial charge in [0.2, 0.25) is 5.91 Å². The van der Waals surface area contributed by atoms with Crippen molar-refractivity contribution in [3.63, 3.8) is 0 Å². The molecule has 30 heavy (non-hydrogen) atoms. The molecule has 3 rings (SSSR count). The first-order chi connectivity index (χ1) is 14.6. The minimum absolute atomic E-state index is 0.253. The van der Waals surface area contributed by atoms with Crippen LogP contribution in [0.15, 0.2) is 23.2 Å². The fourth-order valence-electron chi connectivity index (χ4n) is 4.59. The van der Waals surface area contributed by atoms with E-state index in [2.05, 4.69) is 41.5 Å². The van der Waals surface area contributed by atoms with Gasteiger partial charge in [0.05, 0.1) is 7.11 Å². The average molecular weight is 415 g/mol. The Morgan fingerprint density at radius 3 is 2.77 bits per heavy atom. The second-order valence-corrected chi connectivity index (χ2v) is 8.58. The molecule has 2 aliphatic rings. The molecule has 1 unspecified atom stereocenters. The third kappa shape index (κ3) is 6.13. The van der Waals surface area contributed by atoms with E-state index < -0.39 is 0 Å². The number of nitrogens with one attached hydrogen (secondary N) is 2. The molecular weight excluding hydrogens is 376 g/mol. The lowest BCUT2D eigenvalue weighted by Gasteiger charge is -2.26. The summed E-state index contributed by atoms with van der Waals surface area (Å²) in [6.07, 6.45) is 7.64. The van der Waals surface area contributed by atoms with E-state index in [1.807, 2.05) is 6.07 Å². The molecule has 2 N–H and O–H groups in total. The van der Waals surface area contributed by atoms with Crippen molar-refractivity contribution in [1.82, 2.24) is 15.5 Å². The van der Waals surface area contributed by atoms with Gasteiger partial charge < -0.3 is 20.3 Å². The highest BCUT2D eigenvalue weighted by Gasteiger charge is 2.31. The third-order valence-electron chi connectivity index (χ3n) is 6.23. The number of ether oxygens (including phenoxy) is 1. The molecule has 0 spiro atoms. The Hall–Kier alpha value is -2.24. The summed E-state index contributed by atoms with van der Waals surface area (Å²) in [6.45, 7) is 7.31. The van der Waals surface area contributed by atoms with Crippen LogP contribution in [0.4, 0.5) is 0 Å². The van der Waals surface area contributed by atoms with Crippen LogP contribution in [0, 0.1) is 12.8 Å². The SMILES string of the molecule is CCNC(=NCCc1cc(C)ccc1OC)NC1CCN(C(=O)C2CCCCC2)C1. The highest BCUT2D eigenvalue weighted by molar-refractivity contribution is 5.81. The molecule has 1 heterocycles. The van der Waals surface area contributed by atoms with Gasteiger partial charge in [-0.05, 0) is 51.2 Å². The number of aryl methyl sites for hydroxylation is 1. The zero-order valence-electron chi connectivity index (χ0n) is 18.9. The van der Waals surface area contributed by atoms with Gasteiger partial charge in [-0.1, -0.05) is 37.0 Å². The van der Waals surface area contributed by atoms with Gasteiger partial charge in [-0.25, -0.2) is 0 Å². The Balaban J connectivity index is 1.52. The molecule has 1 amide bonds. The number of methoxy groups -OCH3 is 1. The molecule has 0 bridgehead atoms. The van der Waals surface area contributed by atoms with Crippen molar-refractivity contribution >= 4 is 11.9 Å². The van der Waals surface area contributed by atoms with Crippen LogP contribution in [0.25, 0.3) is 0 Å². The summed E-state index contributed by atoms with van der Waals surface area (Å²) in [5.74, 6) is 2.37. The number of aliphatic imine (C=N–C) groups is 1. The number of carbonyl (C=O) groups excluding carboxylic acids is 1. The standard InChI is InChI=1S/C24H38N4O2/c1-4-25-24(26-14-12-20-16-18(2)10-11-22(20)30-3)27-21-13-15-28(17-21)23(29)19-8-6-5-7-9-19/h10-11,16,19,21H,4-9,12-15,17H2,1-3H3,(H2,25,26,27). The van der Waals surface area contributed by atoms with Crippen LogP contribution in [-0.2, 0) is 11.2 Å². The number of benzene rings is 1. The van der Waals surface area contributed by atoms with Crippen molar-refractivity contribution in [2.24, 2.45) is 10.9 Å². The fraction of sp³-hybridized carbons (Fsp3) is 0.667. The molecular formula is C24H38N4O2. The monoisotopic (exact) mass is 414 g/mol. The third-order valence-corrected chi connectivity index (χ3v) is 6.23. The number of likely N-dealkylation sites (tertiary alicyclic amines) is 1. The van der Waals surface area contributed by atoms with Crippen LogP contribution in [0.1, 0.15) is 56.6 Å². The lowest BCUT2D eigenvalue weighted by atomic mass is 9.88. The molecule has 1 aliphatic heterocycles. The van der Waals surface area contributed by atoms with Crippen LogP contribution in [-0.4, -0.2) is 56.1 Å². The molecule has 0 radical (unpaired) electrons. The highest BCUT2D eigenvalue weighted by Crippen LogP contribution is 2.26. The summed E-state index contributed by atoms with van der Waals surface area (Å²) in [6, 6.07) is 6.52. The van der Waals surface area contributed by atoms with Crippen LogP contribution >= 0.6 is 0 Å². The Morgan fingerprint density at radius 2 is 2.03 bits per heavy atom. The Morgan fingerprint density at radius 1 is 1.23 bits per heavy atom. The van der Waals surface area contributed by atoms with Crippen molar-refractivity contribution in [2.75, 3.05) is 33.3 Å². The lowest BCUT2D eigenvalue weighted by Crippen LogP contribution is -2.45. The van der Waals surface area contributed by atoms with E-state index in [9.17, 15) is 4.79 Å². The minimum atomic E-state index is 0.253. The molecule has 6 nitrogen and oxygen atoms in total. The number of hydrogen-bond donors (Lipinski definition) is 2. The van der Waals surface area contributed by atoms with Crippen LogP contribution in [0.2, 0.25) is 0 Å². The molecule has 2 fully saturated rings. The normalized spacial score (nSPS) is 20.3. The van der Waals surface area contributed by atoms with Crippen molar-refractivity contribution in [3.05, 3.63) is 29.3 Å². The maximum atomic E-state index is 12.8. The number of guanidine groups is 1. The largest absolute Gasteiger partial charge is 0.496 e. The molecule has 1 aliphatic carbocycles. The summed E-state index contributed by atoms with van der Waals surface area (Å²) in [7, 11) is 1.71. The first-order valence-electron chi connectivity index (χ1n) is 11.6. The molecule has 6 heteroatoms. The van der Waals surface area contributed by atoms with Gasteiger partial charge in [0, 0.05) is 38.1 Å². The maximum absolute atomic E-state index is 12.8. The summed E-state index contributed by atoms with van der Waals surface area (Å²) in [4.78, 5) is 19.7. The van der Waals surface area contributed by atoms with Gasteiger partial charge in [0.25, 0.3) is 0 Å². The van der Waals surface area contributed by atoms with Gasteiger partial charge in [-0.3, -0.25) is 9.79 Å². The highest BCUT2D eigenvalue weighted by atomic mass is 16.5. The smallest absolute Gasteiger partial charge is 0.225 e. The first kappa shape index (κ1) is 22.4. The zero-order chi connectivity index (χ0) is 21.3. The lowest BCUT2D eigenvalue weighted by molar-refractivity contribution is -0.135. The number of nitrogens with zero attached hydrogens (tertiary/aromatic N) is 2. The van der Waals surface area contributed by atoms with E-state index in [0.29, 0.717) is 12.5 Å². The molecule has 1 aromatic carbocycles. The van der Waals surface area contributed by atoms with Gasteiger partial charge in [-0.2, -0.15) is 0 Å². The average Bonchev–Trinajstić information content (AvgIpc) is 3.22. The molecule has 1 aromatic rings. The van der Waals surface area contributed by atoms with E-state index in [0.717, 1.165) is 57.0 Å². The van der Waals surface area contributed by atoms with Crippen LogP contribution in [0.3, 0.4) is 0 Å². The van der Waals surface area contributed by atoms with Crippen LogP contribution < -0.4 is 15.4 Å². The Kier molecular flexibility index (Phi) is 8.40. The van der Waals surface area contributed by atoms with E-state index in [-0.39, 0.29) is 12.0 Å². The van der Waals surface area contributed by atoms with E-state index in [4.69, 9.17) is 9.73 Å². The molecule has 1 saturated carbocycles. The second kappa shape index (κ2) is 11.2. The predicted molar refractivity (Wildman–Crippen MR) is 122 cm³/mol. The predicted octanol–water partition coefficient (Wildman–Crippen LogP) is 3.28. The van der Waals surface area contributed by atoms with E-state index in [1.54, 1.807) is 7.11 Å². The van der Waals surface area contributed by atoms with Crippen molar-refractivity contribution in [2.45, 2.75) is 64.8 Å². The van der Waals surface area contributed by atoms with Crippen LogP contribution in [0.5, 0.6) is 5.75 Å². The summed E-state index contributed by atoms with van der Waals surface area (Å²) < 4.78 is 5.48. The topological polar surface area (TPSA) is 66.0 Å². The summed E-state index contributed by atoms with van der Waals surface area (Å²) >= 11 is 0. The molecule has 166 valence electrons. The van der Waals surface area contributed by atoms with Gasteiger partial charge in [0.1, 0.15) is 5.75 Å². The van der Waals surface area contributed by atoms with Crippen molar-refractivity contribution < 1.29 is 9.53 Å². The van der Waals surface area contributed by atoms with E-state index >= 15 is 0 Å². The van der Waals surface area contributed by atoms with Gasteiger partial charge >= 0.3 is 0 Å². The maximum Gasteiger partial charge on any atom is 0.225 e. The Bertz CT molecular complexity index is 728. The first-order valence-corrected chi connectivity index (χ1v) is 11.6. The summed E-state index contributed by atoms with van der Waals surface area (Å²) in [5.41, 5.74) is 2.41. The summed E-state index contributed by atoms with van der Waals surface area (Å²) in [5, 5.41) is 6.89. The minimum Gasteiger partial charge on any atom is -0.496 e. The van der Waals surface area contributed by atoms with Crippen molar-refractivity contribution in [3.8, 4) is 5.75 Å². The zero-order valence-corrected chi connectivity index (χ0v) is 18.9. The number of rotatable bonds is 7. The number of carbonyl (C=O) groups is 1. The molecule has 1 saturated heterocycles. The van der Waals surface area contributed by atoms with E-state index in [1.165, 1.54) is 30.4 Å².